The summed E-state index contributed by atoms with van der Waals surface area (Å²) in [5.41, 5.74) is -0.143. The molecule has 1 saturated heterocycles. The topological polar surface area (TPSA) is 46.2 Å². The number of halogens is 2. The summed E-state index contributed by atoms with van der Waals surface area (Å²) in [4.78, 5) is 22.9. The van der Waals surface area contributed by atoms with Gasteiger partial charge in [0.05, 0.1) is 15.5 Å². The molecule has 1 atom stereocenters. The first-order valence-electron chi connectivity index (χ1n) is 4.73. The maximum atomic E-state index is 11.7. The van der Waals surface area contributed by atoms with E-state index in [-0.39, 0.29) is 18.2 Å². The summed E-state index contributed by atoms with van der Waals surface area (Å²) < 4.78 is 0. The molecule has 1 aliphatic heterocycles. The Morgan fingerprint density at radius 1 is 1.25 bits per heavy atom. The lowest BCUT2D eigenvalue weighted by molar-refractivity contribution is -0.126. The number of benzene rings is 1. The Labute approximate surface area is 103 Å². The molecule has 0 radical (unpaired) electrons. The van der Waals surface area contributed by atoms with Gasteiger partial charge in [0.15, 0.2) is 0 Å². The number of hydrogen-bond acceptors (Lipinski definition) is 2. The van der Waals surface area contributed by atoms with Gasteiger partial charge in [0.2, 0.25) is 11.8 Å². The third kappa shape index (κ3) is 1.70. The van der Waals surface area contributed by atoms with Gasteiger partial charge in [-0.25, -0.2) is 0 Å². The molecule has 1 aliphatic rings. The number of nitrogens with one attached hydrogen (secondary N) is 1. The van der Waals surface area contributed by atoms with Gasteiger partial charge in [0.25, 0.3) is 0 Å². The molecule has 1 fully saturated rings. The summed E-state index contributed by atoms with van der Waals surface area (Å²) >= 11 is 11.7. The number of rotatable bonds is 1. The maximum absolute atomic E-state index is 11.7. The van der Waals surface area contributed by atoms with Crippen molar-refractivity contribution >= 4 is 35.0 Å². The maximum Gasteiger partial charge on any atom is 0.237 e. The van der Waals surface area contributed by atoms with Crippen LogP contribution >= 0.6 is 23.2 Å². The summed E-state index contributed by atoms with van der Waals surface area (Å²) in [6, 6.07) is 4.97. The third-order valence-corrected chi connectivity index (χ3v) is 3.56. The van der Waals surface area contributed by atoms with E-state index in [1.54, 1.807) is 25.1 Å². The van der Waals surface area contributed by atoms with E-state index in [1.165, 1.54) is 0 Å². The molecule has 0 unspecified atom stereocenters. The zero-order valence-electron chi connectivity index (χ0n) is 8.51. The van der Waals surface area contributed by atoms with Crippen LogP contribution in [0.2, 0.25) is 10.0 Å². The van der Waals surface area contributed by atoms with Gasteiger partial charge in [-0.2, -0.15) is 0 Å². The summed E-state index contributed by atoms with van der Waals surface area (Å²) in [5, 5.41) is 3.10. The van der Waals surface area contributed by atoms with E-state index in [4.69, 9.17) is 23.2 Å². The zero-order valence-corrected chi connectivity index (χ0v) is 10.0. The minimum absolute atomic E-state index is 0.143. The molecule has 0 saturated carbocycles. The van der Waals surface area contributed by atoms with Crippen LogP contribution in [0, 0.1) is 0 Å². The van der Waals surface area contributed by atoms with Crippen LogP contribution in [0.15, 0.2) is 18.2 Å². The summed E-state index contributed by atoms with van der Waals surface area (Å²) in [5.74, 6) is -0.561. The largest absolute Gasteiger partial charge is 0.296 e. The highest BCUT2D eigenvalue weighted by Crippen LogP contribution is 2.35. The Hall–Kier alpha value is -1.06. The van der Waals surface area contributed by atoms with Gasteiger partial charge in [0.1, 0.15) is 0 Å². The van der Waals surface area contributed by atoms with Gasteiger partial charge < -0.3 is 0 Å². The van der Waals surface area contributed by atoms with Crippen molar-refractivity contribution in [2.24, 2.45) is 0 Å². The highest BCUT2D eigenvalue weighted by molar-refractivity contribution is 6.42. The van der Waals surface area contributed by atoms with Crippen LogP contribution in [-0.2, 0) is 15.0 Å². The van der Waals surface area contributed by atoms with E-state index in [2.05, 4.69) is 5.32 Å². The van der Waals surface area contributed by atoms with Gasteiger partial charge in [-0.3, -0.25) is 14.9 Å². The summed E-state index contributed by atoms with van der Waals surface area (Å²) in [6.45, 7) is 1.72. The van der Waals surface area contributed by atoms with Crippen LogP contribution in [0.1, 0.15) is 18.9 Å². The second-order valence-corrected chi connectivity index (χ2v) is 4.83. The second-order valence-electron chi connectivity index (χ2n) is 4.02. The molecule has 3 nitrogen and oxygen atoms in total. The molecule has 1 aromatic carbocycles. The van der Waals surface area contributed by atoms with E-state index >= 15 is 0 Å². The normalized spacial score (nSPS) is 24.7. The Kier molecular flexibility index (Phi) is 2.68. The molecule has 0 spiro atoms. The monoisotopic (exact) mass is 257 g/mol. The first-order valence-corrected chi connectivity index (χ1v) is 5.49. The molecule has 16 heavy (non-hydrogen) atoms. The minimum Gasteiger partial charge on any atom is -0.296 e. The lowest BCUT2D eigenvalue weighted by Gasteiger charge is -2.20. The molecule has 84 valence electrons. The van der Waals surface area contributed by atoms with E-state index in [9.17, 15) is 9.59 Å². The molecule has 1 heterocycles. The fraction of sp³-hybridized carbons (Fsp3) is 0.273. The van der Waals surface area contributed by atoms with Crippen LogP contribution in [0.25, 0.3) is 0 Å². The smallest absolute Gasteiger partial charge is 0.237 e. The predicted octanol–water partition coefficient (Wildman–Crippen LogP) is 2.30. The van der Waals surface area contributed by atoms with E-state index in [0.717, 1.165) is 0 Å². The van der Waals surface area contributed by atoms with E-state index in [1.807, 2.05) is 0 Å². The quantitative estimate of drug-likeness (QED) is 0.785. The Morgan fingerprint density at radius 3 is 2.44 bits per heavy atom. The fourth-order valence-electron chi connectivity index (χ4n) is 1.78. The second kappa shape index (κ2) is 3.75. The Balaban J connectivity index is 2.47. The van der Waals surface area contributed by atoms with E-state index in [0.29, 0.717) is 15.6 Å². The van der Waals surface area contributed by atoms with Crippen molar-refractivity contribution in [3.05, 3.63) is 33.8 Å². The van der Waals surface area contributed by atoms with Crippen LogP contribution in [0.3, 0.4) is 0 Å². The fourth-order valence-corrected chi connectivity index (χ4v) is 2.08. The number of imide groups is 1. The molecule has 1 N–H and O–H groups in total. The lowest BCUT2D eigenvalue weighted by atomic mass is 9.81. The van der Waals surface area contributed by atoms with Crippen LogP contribution < -0.4 is 5.32 Å². The van der Waals surface area contributed by atoms with Crippen LogP contribution in [0.4, 0.5) is 0 Å². The number of carbonyl (C=O) groups excluding carboxylic acids is 2. The molecule has 0 aliphatic carbocycles. The highest BCUT2D eigenvalue weighted by atomic mass is 35.5. The first kappa shape index (κ1) is 11.4. The number of carbonyl (C=O) groups is 2. The molecule has 0 aromatic heterocycles. The highest BCUT2D eigenvalue weighted by Gasteiger charge is 2.44. The van der Waals surface area contributed by atoms with Crippen molar-refractivity contribution in [2.45, 2.75) is 18.8 Å². The van der Waals surface area contributed by atoms with Gasteiger partial charge in [-0.05, 0) is 24.6 Å². The molecule has 0 bridgehead atoms. The third-order valence-electron chi connectivity index (χ3n) is 2.82. The Morgan fingerprint density at radius 2 is 1.94 bits per heavy atom. The molecular formula is C11H9Cl2NO2. The molecule has 1 aromatic rings. The average Bonchev–Trinajstić information content (AvgIpc) is 2.46. The van der Waals surface area contributed by atoms with Crippen LogP contribution in [-0.4, -0.2) is 11.8 Å². The predicted molar refractivity (Wildman–Crippen MR) is 61.6 cm³/mol. The minimum atomic E-state index is -0.842. The van der Waals surface area contributed by atoms with Crippen molar-refractivity contribution in [3.8, 4) is 0 Å². The molecule has 2 rings (SSSR count). The van der Waals surface area contributed by atoms with Gasteiger partial charge in [-0.1, -0.05) is 29.3 Å². The van der Waals surface area contributed by atoms with Crippen molar-refractivity contribution in [1.29, 1.82) is 0 Å². The first-order chi connectivity index (χ1) is 7.43. The van der Waals surface area contributed by atoms with Crippen molar-refractivity contribution in [2.75, 3.05) is 0 Å². The van der Waals surface area contributed by atoms with Crippen molar-refractivity contribution < 1.29 is 9.59 Å². The standard InChI is InChI=1S/C11H9Cl2NO2/c1-11(5-9(15)14-10(11)16)6-2-3-7(12)8(13)4-6/h2-4H,5H2,1H3,(H,14,15,16)/t11-/m0/s1. The summed E-state index contributed by atoms with van der Waals surface area (Å²) in [7, 11) is 0. The molecular weight excluding hydrogens is 249 g/mol. The average molecular weight is 258 g/mol. The van der Waals surface area contributed by atoms with Crippen LogP contribution in [0.5, 0.6) is 0 Å². The van der Waals surface area contributed by atoms with Crippen molar-refractivity contribution in [3.63, 3.8) is 0 Å². The van der Waals surface area contributed by atoms with Gasteiger partial charge in [0, 0.05) is 6.42 Å². The Bertz CT molecular complexity index is 487. The van der Waals surface area contributed by atoms with E-state index < -0.39 is 5.41 Å². The zero-order chi connectivity index (χ0) is 11.9. The number of amides is 2. The molecule has 2 amide bonds. The van der Waals surface area contributed by atoms with Crippen molar-refractivity contribution in [1.82, 2.24) is 5.32 Å². The number of hydrogen-bond donors (Lipinski definition) is 1. The lowest BCUT2D eigenvalue weighted by Crippen LogP contribution is -2.32. The van der Waals surface area contributed by atoms with Gasteiger partial charge in [-0.15, -0.1) is 0 Å². The molecule has 5 heteroatoms. The SMILES string of the molecule is C[C@@]1(c2ccc(Cl)c(Cl)c2)CC(=O)NC1=O. The summed E-state index contributed by atoms with van der Waals surface area (Å²) in [6.07, 6.45) is 0.143. The van der Waals surface area contributed by atoms with Gasteiger partial charge >= 0.3 is 0 Å².